The molecule has 2 aliphatic heterocycles. The van der Waals surface area contributed by atoms with Crippen LogP contribution in [0.2, 0.25) is 0 Å². The van der Waals surface area contributed by atoms with Gasteiger partial charge in [-0.05, 0) is 18.9 Å². The monoisotopic (exact) mass is 301 g/mol. The highest BCUT2D eigenvalue weighted by atomic mass is 32.2. The maximum atomic E-state index is 12.2. The van der Waals surface area contributed by atoms with Crippen molar-refractivity contribution in [3.05, 3.63) is 11.8 Å². The number of hydrogen-bond donors (Lipinski definition) is 1. The van der Waals surface area contributed by atoms with Crippen LogP contribution < -0.4 is 0 Å². The summed E-state index contributed by atoms with van der Waals surface area (Å²) in [7, 11) is -5.69. The second-order valence-corrected chi connectivity index (χ2v) is 5.85. The van der Waals surface area contributed by atoms with E-state index in [1.54, 1.807) is 0 Å². The van der Waals surface area contributed by atoms with Crippen molar-refractivity contribution in [1.29, 1.82) is 0 Å². The molecule has 2 aliphatic rings. The van der Waals surface area contributed by atoms with E-state index < -0.39 is 33.8 Å². The van der Waals surface area contributed by atoms with Gasteiger partial charge in [0.15, 0.2) is 0 Å². The number of alkyl halides is 3. The molecule has 1 fully saturated rings. The smallest absolute Gasteiger partial charge is 0.465 e. The maximum absolute atomic E-state index is 12.2. The summed E-state index contributed by atoms with van der Waals surface area (Å²) in [6, 6.07) is -1.17. The number of amides is 1. The van der Waals surface area contributed by atoms with Gasteiger partial charge in [0, 0.05) is 12.5 Å². The lowest BCUT2D eigenvalue weighted by atomic mass is 10.1. The van der Waals surface area contributed by atoms with E-state index >= 15 is 0 Å². The summed E-state index contributed by atoms with van der Waals surface area (Å²) in [5.41, 5.74) is -5.49. The topological polar surface area (TPSA) is 83.9 Å². The molecule has 2 unspecified atom stereocenters. The first-order valence-electron chi connectivity index (χ1n) is 5.34. The van der Waals surface area contributed by atoms with Crippen molar-refractivity contribution in [2.75, 3.05) is 0 Å². The lowest BCUT2D eigenvalue weighted by molar-refractivity contribution is -0.0526. The Morgan fingerprint density at radius 2 is 2.05 bits per heavy atom. The lowest BCUT2D eigenvalue weighted by Crippen LogP contribution is -2.43. The van der Waals surface area contributed by atoms with Gasteiger partial charge >= 0.3 is 21.7 Å². The third-order valence-electron chi connectivity index (χ3n) is 3.08. The minimum atomic E-state index is -5.69. The highest BCUT2D eigenvalue weighted by Gasteiger charge is 2.50. The summed E-state index contributed by atoms with van der Waals surface area (Å²) < 4.78 is 62.2. The standard InChI is InChI=1S/C9H10F3NO5S/c10-9(11,12)19(16,17)18-7-3-5-1-2-6(4-7)13(5)8(14)15/h3,5-6H,1-2,4H2,(H,14,15). The second kappa shape index (κ2) is 4.29. The molecule has 1 N–H and O–H groups in total. The zero-order chi connectivity index (χ0) is 14.4. The molecule has 0 aromatic heterocycles. The van der Waals surface area contributed by atoms with Gasteiger partial charge in [0.1, 0.15) is 5.76 Å². The van der Waals surface area contributed by atoms with Crippen LogP contribution in [0.25, 0.3) is 0 Å². The van der Waals surface area contributed by atoms with Crippen LogP contribution in [0.4, 0.5) is 18.0 Å². The number of carboxylic acid groups (broad SMARTS) is 1. The number of carbonyl (C=O) groups is 1. The Labute approximate surface area is 106 Å². The maximum Gasteiger partial charge on any atom is 0.534 e. The number of halogens is 3. The molecule has 2 bridgehead atoms. The second-order valence-electron chi connectivity index (χ2n) is 4.31. The van der Waals surface area contributed by atoms with Crippen molar-refractivity contribution in [3.63, 3.8) is 0 Å². The van der Waals surface area contributed by atoms with Crippen LogP contribution in [-0.4, -0.2) is 42.1 Å². The van der Waals surface area contributed by atoms with Gasteiger partial charge in [0.25, 0.3) is 0 Å². The summed E-state index contributed by atoms with van der Waals surface area (Å²) >= 11 is 0. The Morgan fingerprint density at radius 1 is 1.42 bits per heavy atom. The van der Waals surface area contributed by atoms with Crippen LogP contribution in [0.5, 0.6) is 0 Å². The molecule has 10 heteroatoms. The molecule has 108 valence electrons. The molecule has 0 saturated carbocycles. The first kappa shape index (κ1) is 14.0. The fraction of sp³-hybridized carbons (Fsp3) is 0.667. The van der Waals surface area contributed by atoms with Gasteiger partial charge in [-0.25, -0.2) is 4.79 Å². The van der Waals surface area contributed by atoms with Gasteiger partial charge in [-0.2, -0.15) is 21.6 Å². The predicted molar refractivity (Wildman–Crippen MR) is 55.4 cm³/mol. The molecule has 2 atom stereocenters. The minimum absolute atomic E-state index is 0.169. The fourth-order valence-corrected chi connectivity index (χ4v) is 2.84. The summed E-state index contributed by atoms with van der Waals surface area (Å²) in [5.74, 6) is -0.345. The molecule has 0 aromatic carbocycles. The summed E-state index contributed by atoms with van der Waals surface area (Å²) in [4.78, 5) is 12.0. The van der Waals surface area contributed by atoms with E-state index in [-0.39, 0.29) is 12.2 Å². The molecule has 0 spiro atoms. The molecule has 0 radical (unpaired) electrons. The Kier molecular flexibility index (Phi) is 3.15. The zero-order valence-corrected chi connectivity index (χ0v) is 10.2. The highest BCUT2D eigenvalue weighted by molar-refractivity contribution is 7.87. The van der Waals surface area contributed by atoms with Crippen molar-refractivity contribution in [2.45, 2.75) is 36.9 Å². The molecule has 1 amide bonds. The lowest BCUT2D eigenvalue weighted by Gasteiger charge is -2.30. The number of nitrogens with zero attached hydrogens (tertiary/aromatic N) is 1. The van der Waals surface area contributed by atoms with Crippen molar-refractivity contribution in [1.82, 2.24) is 4.90 Å². The first-order valence-corrected chi connectivity index (χ1v) is 6.75. The average molecular weight is 301 g/mol. The normalized spacial score (nSPS) is 27.1. The third kappa shape index (κ3) is 2.48. The van der Waals surface area contributed by atoms with Crippen LogP contribution >= 0.6 is 0 Å². The fourth-order valence-electron chi connectivity index (χ4n) is 2.34. The summed E-state index contributed by atoms with van der Waals surface area (Å²) in [6.07, 6.45) is 0.683. The molecule has 0 aliphatic carbocycles. The number of rotatable bonds is 2. The van der Waals surface area contributed by atoms with E-state index in [0.717, 1.165) is 11.0 Å². The molecule has 6 nitrogen and oxygen atoms in total. The van der Waals surface area contributed by atoms with Crippen LogP contribution in [0.1, 0.15) is 19.3 Å². The molecule has 19 heavy (non-hydrogen) atoms. The van der Waals surface area contributed by atoms with E-state index in [2.05, 4.69) is 4.18 Å². The van der Waals surface area contributed by atoms with Gasteiger partial charge < -0.3 is 9.29 Å². The largest absolute Gasteiger partial charge is 0.534 e. The molecular formula is C9H10F3NO5S. The highest BCUT2D eigenvalue weighted by Crippen LogP contribution is 2.37. The SMILES string of the molecule is O=C(O)N1C2C=C(OS(=O)(=O)C(F)(F)F)CC1CC2. The van der Waals surface area contributed by atoms with E-state index in [1.807, 2.05) is 0 Å². The quantitative estimate of drug-likeness (QED) is 0.619. The van der Waals surface area contributed by atoms with Gasteiger partial charge in [0.2, 0.25) is 0 Å². The molecule has 0 aromatic rings. The number of hydrogen-bond acceptors (Lipinski definition) is 4. The Bertz CT molecular complexity index is 526. The van der Waals surface area contributed by atoms with E-state index in [9.17, 15) is 26.4 Å². The predicted octanol–water partition coefficient (Wildman–Crippen LogP) is 1.65. The van der Waals surface area contributed by atoms with Gasteiger partial charge in [-0.3, -0.25) is 4.90 Å². The van der Waals surface area contributed by atoms with Crippen molar-refractivity contribution >= 4 is 16.2 Å². The molecule has 1 saturated heterocycles. The first-order chi connectivity index (χ1) is 8.62. The third-order valence-corrected chi connectivity index (χ3v) is 4.08. The summed E-state index contributed by atoms with van der Waals surface area (Å²) in [6.45, 7) is 0. The van der Waals surface area contributed by atoms with E-state index in [1.165, 1.54) is 0 Å². The minimum Gasteiger partial charge on any atom is -0.465 e. The molecule has 2 rings (SSSR count). The van der Waals surface area contributed by atoms with Crippen molar-refractivity contribution < 1.29 is 35.7 Å². The molecular weight excluding hydrogens is 291 g/mol. The zero-order valence-electron chi connectivity index (χ0n) is 9.42. The van der Waals surface area contributed by atoms with Gasteiger partial charge in [-0.15, -0.1) is 0 Å². The van der Waals surface area contributed by atoms with Crippen molar-refractivity contribution in [3.8, 4) is 0 Å². The summed E-state index contributed by atoms with van der Waals surface area (Å²) in [5, 5.41) is 8.92. The molecule has 2 heterocycles. The van der Waals surface area contributed by atoms with Gasteiger partial charge in [-0.1, -0.05) is 0 Å². The Hall–Kier alpha value is -1.45. The van der Waals surface area contributed by atoms with Crippen LogP contribution in [-0.2, 0) is 14.3 Å². The number of fused-ring (bicyclic) bond motifs is 2. The van der Waals surface area contributed by atoms with Crippen LogP contribution in [0, 0.1) is 0 Å². The average Bonchev–Trinajstić information content (AvgIpc) is 2.49. The van der Waals surface area contributed by atoms with Crippen molar-refractivity contribution in [2.24, 2.45) is 0 Å². The Morgan fingerprint density at radius 3 is 2.53 bits per heavy atom. The van der Waals surface area contributed by atoms with E-state index in [4.69, 9.17) is 5.11 Å². The van der Waals surface area contributed by atoms with E-state index in [0.29, 0.717) is 12.8 Å². The Balaban J connectivity index is 2.18. The van der Waals surface area contributed by atoms with Crippen LogP contribution in [0.3, 0.4) is 0 Å². The van der Waals surface area contributed by atoms with Crippen LogP contribution in [0.15, 0.2) is 11.8 Å². The van der Waals surface area contributed by atoms with Gasteiger partial charge in [0.05, 0.1) is 6.04 Å².